The van der Waals surface area contributed by atoms with E-state index in [1.807, 2.05) is 0 Å². The largest absolute Gasteiger partial charge is 0.495 e. The van der Waals surface area contributed by atoms with Gasteiger partial charge in [0.1, 0.15) is 17.2 Å². The Morgan fingerprint density at radius 2 is 1.58 bits per heavy atom. The second-order valence-corrected chi connectivity index (χ2v) is 8.29. The van der Waals surface area contributed by atoms with Crippen molar-refractivity contribution < 1.29 is 33.7 Å². The molecule has 10 nitrogen and oxygen atoms in total. The zero-order valence-electron chi connectivity index (χ0n) is 19.2. The summed E-state index contributed by atoms with van der Waals surface area (Å²) >= 11 is 7.17. The minimum Gasteiger partial charge on any atom is -0.495 e. The van der Waals surface area contributed by atoms with E-state index < -0.39 is 24.5 Å². The van der Waals surface area contributed by atoms with Gasteiger partial charge in [0.15, 0.2) is 6.61 Å². The van der Waals surface area contributed by atoms with Gasteiger partial charge in [-0.3, -0.25) is 9.52 Å². The van der Waals surface area contributed by atoms with Gasteiger partial charge in [0.2, 0.25) is 0 Å². The first-order valence-corrected chi connectivity index (χ1v) is 11.5. The first-order chi connectivity index (χ1) is 17.3. The van der Waals surface area contributed by atoms with Gasteiger partial charge in [-0.25, -0.2) is 9.59 Å². The Morgan fingerprint density at radius 1 is 0.917 bits per heavy atom. The minimum absolute atomic E-state index is 0.267. The number of amides is 3. The number of carboxylic acid groups (broad SMARTS) is 1. The molecule has 0 aliphatic carbocycles. The van der Waals surface area contributed by atoms with Crippen molar-refractivity contribution in [2.24, 2.45) is 0 Å². The van der Waals surface area contributed by atoms with Crippen LogP contribution in [0.25, 0.3) is 0 Å². The fourth-order valence-corrected chi connectivity index (χ4v) is 3.86. The van der Waals surface area contributed by atoms with Gasteiger partial charge in [-0.1, -0.05) is 17.7 Å². The van der Waals surface area contributed by atoms with Gasteiger partial charge >= 0.3 is 12.0 Å². The lowest BCUT2D eigenvalue weighted by atomic mass is 10.2. The van der Waals surface area contributed by atoms with Crippen LogP contribution in [0.15, 0.2) is 65.6 Å². The second-order valence-electron chi connectivity index (χ2n) is 7.04. The van der Waals surface area contributed by atoms with E-state index in [2.05, 4.69) is 15.4 Å². The van der Waals surface area contributed by atoms with Crippen molar-refractivity contribution in [3.8, 4) is 17.2 Å². The van der Waals surface area contributed by atoms with E-state index in [0.29, 0.717) is 38.4 Å². The van der Waals surface area contributed by atoms with E-state index in [4.69, 9.17) is 30.9 Å². The Bertz CT molecular complexity index is 1250. The number of anilines is 2. The molecule has 0 aliphatic rings. The van der Waals surface area contributed by atoms with Gasteiger partial charge in [-0.2, -0.15) is 0 Å². The van der Waals surface area contributed by atoms with Crippen LogP contribution >= 0.6 is 23.5 Å². The monoisotopic (exact) mass is 531 g/mol. The molecule has 3 aromatic rings. The SMILES string of the molecule is COc1cc(OC)c(SNC(=O)Nc2ccc(NC(=O)c3cccc(OCC(=O)O)c3)cc2)cc1Cl. The van der Waals surface area contributed by atoms with Gasteiger partial charge in [-0.15, -0.1) is 0 Å². The predicted octanol–water partition coefficient (Wildman–Crippen LogP) is 4.90. The van der Waals surface area contributed by atoms with E-state index in [9.17, 15) is 14.4 Å². The number of aliphatic carboxylic acids is 1. The van der Waals surface area contributed by atoms with Crippen molar-refractivity contribution >= 4 is 52.8 Å². The lowest BCUT2D eigenvalue weighted by Gasteiger charge is -2.12. The molecule has 0 saturated carbocycles. The molecule has 0 atom stereocenters. The third-order valence-corrected chi connectivity index (χ3v) is 5.67. The molecule has 3 rings (SSSR count). The molecule has 0 unspecified atom stereocenters. The number of carboxylic acids is 1. The van der Waals surface area contributed by atoms with Crippen molar-refractivity contribution in [2.45, 2.75) is 4.90 Å². The Hall–Kier alpha value is -4.09. The van der Waals surface area contributed by atoms with Gasteiger partial charge in [0.25, 0.3) is 5.91 Å². The maximum absolute atomic E-state index is 12.5. The van der Waals surface area contributed by atoms with E-state index in [1.165, 1.54) is 20.3 Å². The number of carbonyl (C=O) groups is 3. The summed E-state index contributed by atoms with van der Waals surface area (Å²) in [6, 6.07) is 15.4. The highest BCUT2D eigenvalue weighted by molar-refractivity contribution is 7.98. The molecule has 0 aliphatic heterocycles. The molecule has 0 fully saturated rings. The maximum Gasteiger partial charge on any atom is 0.341 e. The van der Waals surface area contributed by atoms with Crippen molar-refractivity contribution in [2.75, 3.05) is 31.5 Å². The van der Waals surface area contributed by atoms with Crippen molar-refractivity contribution in [3.05, 3.63) is 71.2 Å². The number of halogens is 1. The lowest BCUT2D eigenvalue weighted by Crippen LogP contribution is -2.22. The number of rotatable bonds is 10. The number of nitrogens with one attached hydrogen (secondary N) is 3. The van der Waals surface area contributed by atoms with Crippen LogP contribution in [0.3, 0.4) is 0 Å². The van der Waals surface area contributed by atoms with E-state index >= 15 is 0 Å². The topological polar surface area (TPSA) is 135 Å². The van der Waals surface area contributed by atoms with Crippen LogP contribution in [-0.2, 0) is 4.79 Å². The molecule has 0 spiro atoms. The normalized spacial score (nSPS) is 10.2. The third-order valence-electron chi connectivity index (χ3n) is 4.55. The van der Waals surface area contributed by atoms with Gasteiger partial charge in [0.05, 0.1) is 24.1 Å². The summed E-state index contributed by atoms with van der Waals surface area (Å²) in [7, 11) is 2.99. The van der Waals surface area contributed by atoms with Crippen LogP contribution in [0.2, 0.25) is 5.02 Å². The molecule has 3 amide bonds. The molecule has 0 heterocycles. The summed E-state index contributed by atoms with van der Waals surface area (Å²) < 4.78 is 18.2. The molecule has 4 N–H and O–H groups in total. The molecular formula is C24H22ClN3O7S. The molecule has 188 valence electrons. The maximum atomic E-state index is 12.5. The number of urea groups is 1. The fraction of sp³-hybridized carbons (Fsp3) is 0.125. The number of hydrogen-bond donors (Lipinski definition) is 4. The van der Waals surface area contributed by atoms with Crippen molar-refractivity contribution in [1.82, 2.24) is 4.72 Å². The Labute approximate surface area is 216 Å². The Morgan fingerprint density at radius 3 is 2.22 bits per heavy atom. The summed E-state index contributed by atoms with van der Waals surface area (Å²) in [5, 5.41) is 14.5. The Balaban J connectivity index is 1.54. The van der Waals surface area contributed by atoms with E-state index in [-0.39, 0.29) is 5.75 Å². The average Bonchev–Trinajstić information content (AvgIpc) is 2.87. The average molecular weight is 532 g/mol. The summed E-state index contributed by atoms with van der Waals surface area (Å²) in [5.74, 6) is -0.314. The molecule has 0 bridgehead atoms. The summed E-state index contributed by atoms with van der Waals surface area (Å²) in [5.41, 5.74) is 1.29. The first kappa shape index (κ1) is 26.5. The molecule has 12 heteroatoms. The Kier molecular flexibility index (Phi) is 9.25. The number of carbonyl (C=O) groups excluding carboxylic acids is 2. The highest BCUT2D eigenvalue weighted by atomic mass is 35.5. The van der Waals surface area contributed by atoms with Crippen molar-refractivity contribution in [1.29, 1.82) is 0 Å². The smallest absolute Gasteiger partial charge is 0.341 e. The quantitative estimate of drug-likeness (QED) is 0.271. The highest BCUT2D eigenvalue weighted by Gasteiger charge is 2.13. The predicted molar refractivity (Wildman–Crippen MR) is 137 cm³/mol. The molecule has 3 aromatic carbocycles. The number of ether oxygens (including phenoxy) is 3. The molecule has 0 radical (unpaired) electrons. The molecular weight excluding hydrogens is 510 g/mol. The zero-order chi connectivity index (χ0) is 26.1. The summed E-state index contributed by atoms with van der Waals surface area (Å²) in [6.07, 6.45) is 0. The van der Waals surface area contributed by atoms with Crippen LogP contribution in [0.1, 0.15) is 10.4 Å². The summed E-state index contributed by atoms with van der Waals surface area (Å²) in [6.45, 7) is -0.507. The van der Waals surface area contributed by atoms with Gasteiger partial charge in [-0.05, 0) is 60.5 Å². The number of methoxy groups -OCH3 is 2. The fourth-order valence-electron chi connectivity index (χ4n) is 2.88. The van der Waals surface area contributed by atoms with E-state index in [0.717, 1.165) is 11.9 Å². The van der Waals surface area contributed by atoms with Gasteiger partial charge in [0, 0.05) is 23.0 Å². The van der Waals surface area contributed by atoms with Crippen LogP contribution in [-0.4, -0.2) is 43.8 Å². The van der Waals surface area contributed by atoms with Crippen LogP contribution in [0.4, 0.5) is 16.2 Å². The van der Waals surface area contributed by atoms with Crippen molar-refractivity contribution in [3.63, 3.8) is 0 Å². The molecule has 36 heavy (non-hydrogen) atoms. The first-order valence-electron chi connectivity index (χ1n) is 10.3. The second kappa shape index (κ2) is 12.6. The number of benzene rings is 3. The van der Waals surface area contributed by atoms with E-state index in [1.54, 1.807) is 54.6 Å². The number of hydrogen-bond acceptors (Lipinski definition) is 7. The van der Waals surface area contributed by atoms with Gasteiger partial charge < -0.3 is 30.0 Å². The summed E-state index contributed by atoms with van der Waals surface area (Å²) in [4.78, 5) is 36.0. The zero-order valence-corrected chi connectivity index (χ0v) is 20.7. The van der Waals surface area contributed by atoms with Crippen LogP contribution in [0, 0.1) is 0 Å². The third kappa shape index (κ3) is 7.45. The van der Waals surface area contributed by atoms with Crippen LogP contribution < -0.4 is 29.6 Å². The lowest BCUT2D eigenvalue weighted by molar-refractivity contribution is -0.139. The highest BCUT2D eigenvalue weighted by Crippen LogP contribution is 2.37. The molecule has 0 saturated heterocycles. The standard InChI is InChI=1S/C24H22ClN3O7S/c1-33-19-12-20(34-2)21(11-18(19)25)36-28-24(32)27-16-8-6-15(7-9-16)26-23(31)14-4-3-5-17(10-14)35-13-22(29)30/h3-12H,13H2,1-2H3,(H,26,31)(H,29,30)(H2,27,28,32). The van der Waals surface area contributed by atoms with Crippen LogP contribution in [0.5, 0.6) is 17.2 Å². The molecule has 0 aromatic heterocycles. The minimum atomic E-state index is -1.12.